The first-order valence-corrected chi connectivity index (χ1v) is 7.67. The van der Waals surface area contributed by atoms with Gasteiger partial charge in [0, 0.05) is 5.56 Å². The standard InChI is InChI=1S/C17H17NOS/c18-9-7-16-15-4-2-1-3-14(15)5-6-17(16)19-11-13-8-10-20-12-13/h1-6,8,10,12H,7,9,11,18H2. The van der Waals surface area contributed by atoms with Gasteiger partial charge in [-0.05, 0) is 52.2 Å². The minimum atomic E-state index is 0.611. The minimum Gasteiger partial charge on any atom is -0.489 e. The first-order chi connectivity index (χ1) is 9.88. The second-order valence-electron chi connectivity index (χ2n) is 4.72. The molecule has 0 atom stereocenters. The molecule has 0 radical (unpaired) electrons. The van der Waals surface area contributed by atoms with E-state index < -0.39 is 0 Å². The first kappa shape index (κ1) is 13.2. The molecule has 0 aliphatic carbocycles. The van der Waals surface area contributed by atoms with E-state index in [1.54, 1.807) is 11.3 Å². The highest BCUT2D eigenvalue weighted by Crippen LogP contribution is 2.29. The molecular weight excluding hydrogens is 266 g/mol. The summed E-state index contributed by atoms with van der Waals surface area (Å²) in [5.41, 5.74) is 8.18. The molecule has 0 unspecified atom stereocenters. The van der Waals surface area contributed by atoms with E-state index in [9.17, 15) is 0 Å². The Morgan fingerprint density at radius 3 is 2.75 bits per heavy atom. The number of hydrogen-bond donors (Lipinski definition) is 1. The Morgan fingerprint density at radius 1 is 1.05 bits per heavy atom. The fraction of sp³-hybridized carbons (Fsp3) is 0.176. The quantitative estimate of drug-likeness (QED) is 0.768. The minimum absolute atomic E-state index is 0.611. The number of hydrogen-bond acceptors (Lipinski definition) is 3. The van der Waals surface area contributed by atoms with Crippen molar-refractivity contribution in [2.75, 3.05) is 6.54 Å². The molecule has 2 N–H and O–H groups in total. The van der Waals surface area contributed by atoms with Gasteiger partial charge in [-0.15, -0.1) is 0 Å². The summed E-state index contributed by atoms with van der Waals surface area (Å²) in [7, 11) is 0. The van der Waals surface area contributed by atoms with Gasteiger partial charge in [-0.25, -0.2) is 0 Å². The van der Waals surface area contributed by atoms with Crippen LogP contribution in [0.4, 0.5) is 0 Å². The predicted molar refractivity (Wildman–Crippen MR) is 85.4 cm³/mol. The van der Waals surface area contributed by atoms with Gasteiger partial charge in [-0.1, -0.05) is 30.3 Å². The maximum absolute atomic E-state index is 5.99. The Morgan fingerprint density at radius 2 is 1.95 bits per heavy atom. The normalized spacial score (nSPS) is 10.8. The van der Waals surface area contributed by atoms with Gasteiger partial charge in [0.25, 0.3) is 0 Å². The van der Waals surface area contributed by atoms with E-state index in [4.69, 9.17) is 10.5 Å². The molecule has 2 aromatic carbocycles. The predicted octanol–water partition coefficient (Wildman–Crippen LogP) is 3.98. The fourth-order valence-corrected chi connectivity index (χ4v) is 3.04. The third kappa shape index (κ3) is 2.69. The highest BCUT2D eigenvalue weighted by Gasteiger charge is 2.08. The molecular formula is C17H17NOS. The van der Waals surface area contributed by atoms with Crippen molar-refractivity contribution in [3.05, 3.63) is 64.4 Å². The van der Waals surface area contributed by atoms with Crippen molar-refractivity contribution in [2.45, 2.75) is 13.0 Å². The molecule has 1 aromatic heterocycles. The lowest BCUT2D eigenvalue weighted by molar-refractivity contribution is 0.304. The highest BCUT2D eigenvalue weighted by molar-refractivity contribution is 7.07. The molecule has 3 rings (SSSR count). The average Bonchev–Trinajstić information content (AvgIpc) is 3.00. The zero-order valence-electron chi connectivity index (χ0n) is 11.2. The van der Waals surface area contributed by atoms with Crippen LogP contribution in [0.2, 0.25) is 0 Å². The van der Waals surface area contributed by atoms with Crippen molar-refractivity contribution < 1.29 is 4.74 Å². The van der Waals surface area contributed by atoms with E-state index in [0.717, 1.165) is 12.2 Å². The van der Waals surface area contributed by atoms with Gasteiger partial charge in [-0.3, -0.25) is 0 Å². The number of fused-ring (bicyclic) bond motifs is 1. The second kappa shape index (κ2) is 6.07. The molecule has 20 heavy (non-hydrogen) atoms. The summed E-state index contributed by atoms with van der Waals surface area (Å²) >= 11 is 1.69. The molecule has 0 spiro atoms. The molecule has 3 aromatic rings. The third-order valence-corrected chi connectivity index (χ3v) is 4.10. The molecule has 0 fully saturated rings. The Bertz CT molecular complexity index is 691. The van der Waals surface area contributed by atoms with Crippen molar-refractivity contribution in [1.29, 1.82) is 0 Å². The molecule has 0 aliphatic rings. The van der Waals surface area contributed by atoms with Crippen molar-refractivity contribution in [1.82, 2.24) is 0 Å². The van der Waals surface area contributed by atoms with Crippen molar-refractivity contribution >= 4 is 22.1 Å². The van der Waals surface area contributed by atoms with E-state index in [2.05, 4.69) is 53.2 Å². The summed E-state index contributed by atoms with van der Waals surface area (Å²) in [4.78, 5) is 0. The maximum Gasteiger partial charge on any atom is 0.123 e. The molecule has 0 aliphatic heterocycles. The Kier molecular flexibility index (Phi) is 4.00. The smallest absolute Gasteiger partial charge is 0.123 e. The average molecular weight is 283 g/mol. The topological polar surface area (TPSA) is 35.2 Å². The van der Waals surface area contributed by atoms with Crippen LogP contribution in [0.25, 0.3) is 10.8 Å². The monoisotopic (exact) mass is 283 g/mol. The zero-order chi connectivity index (χ0) is 13.8. The Balaban J connectivity index is 1.94. The van der Waals surface area contributed by atoms with Crippen LogP contribution in [0.1, 0.15) is 11.1 Å². The SMILES string of the molecule is NCCc1c(OCc2ccsc2)ccc2ccccc12. The summed E-state index contributed by atoms with van der Waals surface area (Å²) in [6, 6.07) is 14.6. The van der Waals surface area contributed by atoms with Crippen molar-refractivity contribution in [3.63, 3.8) is 0 Å². The molecule has 2 nitrogen and oxygen atoms in total. The van der Waals surface area contributed by atoms with Gasteiger partial charge in [-0.2, -0.15) is 11.3 Å². The highest BCUT2D eigenvalue weighted by atomic mass is 32.1. The lowest BCUT2D eigenvalue weighted by atomic mass is 10.0. The van der Waals surface area contributed by atoms with Crippen LogP contribution in [0.15, 0.2) is 53.2 Å². The van der Waals surface area contributed by atoms with Crippen molar-refractivity contribution in [3.8, 4) is 5.75 Å². The van der Waals surface area contributed by atoms with Gasteiger partial charge in [0.2, 0.25) is 0 Å². The van der Waals surface area contributed by atoms with E-state index in [0.29, 0.717) is 13.2 Å². The Hall–Kier alpha value is -1.84. The third-order valence-electron chi connectivity index (χ3n) is 3.37. The van der Waals surface area contributed by atoms with Crippen LogP contribution in [0.3, 0.4) is 0 Å². The summed E-state index contributed by atoms with van der Waals surface area (Å²) in [5.74, 6) is 0.945. The van der Waals surface area contributed by atoms with E-state index in [1.807, 2.05) is 0 Å². The number of thiophene rings is 1. The summed E-state index contributed by atoms with van der Waals surface area (Å²) in [5, 5.41) is 6.66. The summed E-state index contributed by atoms with van der Waals surface area (Å²) in [6.45, 7) is 1.24. The van der Waals surface area contributed by atoms with Gasteiger partial charge in [0.05, 0.1) is 0 Å². The van der Waals surface area contributed by atoms with Gasteiger partial charge >= 0.3 is 0 Å². The second-order valence-corrected chi connectivity index (χ2v) is 5.50. The van der Waals surface area contributed by atoms with Crippen LogP contribution in [0.5, 0.6) is 5.75 Å². The van der Waals surface area contributed by atoms with Gasteiger partial charge < -0.3 is 10.5 Å². The number of rotatable bonds is 5. The summed E-state index contributed by atoms with van der Waals surface area (Å²) in [6.07, 6.45) is 0.834. The Labute approximate surface area is 122 Å². The van der Waals surface area contributed by atoms with Crippen LogP contribution >= 0.6 is 11.3 Å². The molecule has 3 heteroatoms. The number of benzene rings is 2. The maximum atomic E-state index is 5.99. The van der Waals surface area contributed by atoms with E-state index >= 15 is 0 Å². The van der Waals surface area contributed by atoms with Gasteiger partial charge in [0.1, 0.15) is 12.4 Å². The molecule has 102 valence electrons. The lowest BCUT2D eigenvalue weighted by Gasteiger charge is -2.13. The van der Waals surface area contributed by atoms with Crippen molar-refractivity contribution in [2.24, 2.45) is 5.73 Å². The van der Waals surface area contributed by atoms with Crippen LogP contribution < -0.4 is 10.5 Å². The fourth-order valence-electron chi connectivity index (χ4n) is 2.39. The number of nitrogens with two attached hydrogens (primary N) is 1. The number of ether oxygens (including phenoxy) is 1. The van der Waals surface area contributed by atoms with Crippen LogP contribution in [0, 0.1) is 0 Å². The van der Waals surface area contributed by atoms with E-state index in [-0.39, 0.29) is 0 Å². The largest absolute Gasteiger partial charge is 0.489 e. The zero-order valence-corrected chi connectivity index (χ0v) is 12.0. The molecule has 0 bridgehead atoms. The van der Waals surface area contributed by atoms with Crippen LogP contribution in [-0.4, -0.2) is 6.54 Å². The first-order valence-electron chi connectivity index (χ1n) is 6.73. The molecule has 1 heterocycles. The van der Waals surface area contributed by atoms with Gasteiger partial charge in [0.15, 0.2) is 0 Å². The molecule has 0 saturated heterocycles. The molecule has 0 amide bonds. The van der Waals surface area contributed by atoms with Crippen LogP contribution in [-0.2, 0) is 13.0 Å². The lowest BCUT2D eigenvalue weighted by Crippen LogP contribution is -2.06. The van der Waals surface area contributed by atoms with E-state index in [1.165, 1.54) is 21.9 Å². The molecule has 0 saturated carbocycles. The summed E-state index contributed by atoms with van der Waals surface area (Å²) < 4.78 is 5.99.